The third kappa shape index (κ3) is 64.3. The number of phosphoric ester groups is 1. The van der Waals surface area contributed by atoms with Crippen molar-refractivity contribution < 1.29 is 32.9 Å². The van der Waals surface area contributed by atoms with Gasteiger partial charge >= 0.3 is 0 Å². The van der Waals surface area contributed by atoms with Gasteiger partial charge in [0.25, 0.3) is 7.82 Å². The van der Waals surface area contributed by atoms with Crippen LogP contribution in [-0.2, 0) is 18.4 Å². The van der Waals surface area contributed by atoms with Crippen LogP contribution in [0.3, 0.4) is 0 Å². The first kappa shape index (κ1) is 78.7. The van der Waals surface area contributed by atoms with Crippen LogP contribution < -0.4 is 10.2 Å². The standard InChI is InChI=1S/C71H139N2O6P/c1-6-8-10-12-14-16-18-20-22-24-26-28-30-32-34-36-38-40-42-44-46-48-50-52-54-56-58-60-62-64-70(74)69(68-79-80(76,77)78-67-66-73(3,4)5)72-71(75)65-63-61-59-57-55-53-51-49-47-45-43-41-39-37-35-33-31-29-27-25-23-21-19-17-15-13-11-9-7-2/h19,21,25,27,31,33,69-70,74H,6-18,20,22-24,26,28-30,32,34-68H2,1-5H3,(H-,72,75,76,77)/b21-19-,27-25-,33-31-. The van der Waals surface area contributed by atoms with Crippen LogP contribution >= 0.6 is 7.82 Å². The van der Waals surface area contributed by atoms with E-state index in [-0.39, 0.29) is 19.1 Å². The molecule has 0 bridgehead atoms. The van der Waals surface area contributed by atoms with Gasteiger partial charge in [0.2, 0.25) is 5.91 Å². The Bertz CT molecular complexity index is 1400. The third-order valence-corrected chi connectivity index (χ3v) is 17.3. The molecule has 9 heteroatoms. The van der Waals surface area contributed by atoms with Crippen LogP contribution in [0.25, 0.3) is 0 Å². The number of allylic oxidation sites excluding steroid dienone is 6. The molecule has 474 valence electrons. The predicted octanol–water partition coefficient (Wildman–Crippen LogP) is 21.8. The Labute approximate surface area is 499 Å². The zero-order chi connectivity index (χ0) is 58.4. The summed E-state index contributed by atoms with van der Waals surface area (Å²) < 4.78 is 23.5. The fourth-order valence-electron chi connectivity index (χ4n) is 10.9. The Hall–Kier alpha value is -1.28. The average molecular weight is 1150 g/mol. The molecule has 2 N–H and O–H groups in total. The first-order valence-electron chi connectivity index (χ1n) is 35.3. The van der Waals surface area contributed by atoms with Crippen molar-refractivity contribution in [2.45, 2.75) is 373 Å². The molecule has 0 aliphatic carbocycles. The van der Waals surface area contributed by atoms with E-state index in [0.29, 0.717) is 23.9 Å². The summed E-state index contributed by atoms with van der Waals surface area (Å²) in [6, 6.07) is -0.803. The predicted molar refractivity (Wildman–Crippen MR) is 348 cm³/mol. The highest BCUT2D eigenvalue weighted by Gasteiger charge is 2.24. The van der Waals surface area contributed by atoms with Gasteiger partial charge < -0.3 is 28.8 Å². The maximum absolute atomic E-state index is 13.1. The zero-order valence-electron chi connectivity index (χ0n) is 54.3. The molecule has 0 aliphatic rings. The zero-order valence-corrected chi connectivity index (χ0v) is 55.2. The number of unbranched alkanes of at least 4 members (excludes halogenated alkanes) is 47. The van der Waals surface area contributed by atoms with Gasteiger partial charge in [0.05, 0.1) is 39.9 Å². The quantitative estimate of drug-likeness (QED) is 0.0272. The Morgan fingerprint density at radius 3 is 1.05 bits per heavy atom. The largest absolute Gasteiger partial charge is 0.756 e. The Balaban J connectivity index is 4.02. The highest BCUT2D eigenvalue weighted by Crippen LogP contribution is 2.38. The van der Waals surface area contributed by atoms with E-state index in [0.717, 1.165) is 51.4 Å². The van der Waals surface area contributed by atoms with E-state index in [9.17, 15) is 19.4 Å². The number of aliphatic hydroxyl groups excluding tert-OH is 1. The summed E-state index contributed by atoms with van der Waals surface area (Å²) in [6.45, 7) is 4.77. The Morgan fingerprint density at radius 1 is 0.438 bits per heavy atom. The summed E-state index contributed by atoms with van der Waals surface area (Å²) in [5, 5.41) is 14.1. The van der Waals surface area contributed by atoms with Crippen molar-refractivity contribution in [3.63, 3.8) is 0 Å². The number of nitrogens with one attached hydrogen (secondary N) is 1. The molecule has 3 unspecified atom stereocenters. The Kier molecular flexibility index (Phi) is 61.3. The van der Waals surface area contributed by atoms with E-state index < -0.39 is 20.0 Å². The molecule has 0 aromatic heterocycles. The van der Waals surface area contributed by atoms with E-state index in [1.807, 2.05) is 21.1 Å². The van der Waals surface area contributed by atoms with Gasteiger partial charge in [0.15, 0.2) is 0 Å². The molecule has 0 radical (unpaired) electrons. The number of nitrogens with zero attached hydrogens (tertiary/aromatic N) is 1. The first-order chi connectivity index (χ1) is 39.0. The lowest BCUT2D eigenvalue weighted by Gasteiger charge is -2.30. The molecule has 0 heterocycles. The fraction of sp³-hybridized carbons (Fsp3) is 0.901. The topological polar surface area (TPSA) is 108 Å². The van der Waals surface area contributed by atoms with Crippen LogP contribution in [0.2, 0.25) is 0 Å². The van der Waals surface area contributed by atoms with Crippen molar-refractivity contribution >= 4 is 13.7 Å². The summed E-state index contributed by atoms with van der Waals surface area (Å²) in [4.78, 5) is 25.7. The summed E-state index contributed by atoms with van der Waals surface area (Å²) in [7, 11) is 1.32. The van der Waals surface area contributed by atoms with Gasteiger partial charge in [-0.25, -0.2) is 0 Å². The third-order valence-electron chi connectivity index (χ3n) is 16.4. The molecule has 0 rings (SSSR count). The van der Waals surface area contributed by atoms with Gasteiger partial charge in [0, 0.05) is 6.42 Å². The number of phosphoric acid groups is 1. The summed E-state index contributed by atoms with van der Waals surface area (Å²) in [5.74, 6) is -0.160. The minimum atomic E-state index is -4.58. The molecule has 8 nitrogen and oxygen atoms in total. The number of amides is 1. The maximum atomic E-state index is 13.1. The number of rotatable bonds is 66. The number of quaternary nitrogens is 1. The molecule has 80 heavy (non-hydrogen) atoms. The van der Waals surface area contributed by atoms with Crippen LogP contribution in [-0.4, -0.2) is 68.5 Å². The Morgan fingerprint density at radius 2 is 0.725 bits per heavy atom. The van der Waals surface area contributed by atoms with Crippen molar-refractivity contribution in [1.29, 1.82) is 0 Å². The molecule has 0 spiro atoms. The fourth-order valence-corrected chi connectivity index (χ4v) is 11.6. The monoisotopic (exact) mass is 1150 g/mol. The van der Waals surface area contributed by atoms with Crippen molar-refractivity contribution in [1.82, 2.24) is 5.32 Å². The number of carbonyl (C=O) groups is 1. The molecule has 0 fully saturated rings. The number of hydrogen-bond acceptors (Lipinski definition) is 6. The number of carbonyl (C=O) groups excluding carboxylic acids is 1. The summed E-state index contributed by atoms with van der Waals surface area (Å²) in [5.41, 5.74) is 0. The van der Waals surface area contributed by atoms with Crippen LogP contribution in [0.15, 0.2) is 36.5 Å². The highest BCUT2D eigenvalue weighted by molar-refractivity contribution is 7.45. The molecule has 3 atom stereocenters. The lowest BCUT2D eigenvalue weighted by molar-refractivity contribution is -0.870. The smallest absolute Gasteiger partial charge is 0.268 e. The van der Waals surface area contributed by atoms with E-state index >= 15 is 0 Å². The van der Waals surface area contributed by atoms with E-state index in [4.69, 9.17) is 9.05 Å². The SMILES string of the molecule is CCCCCCC/C=C\C/C=C\C/C=C\CCCCCCCCCCCCCCCCC(=O)NC(COP(=O)([O-])OCC[N+](C)(C)C)C(O)CCCCCCCCCCCCCCCCCCCCCCCCCCCCCCC. The van der Waals surface area contributed by atoms with Crippen LogP contribution in [0.1, 0.15) is 361 Å². The van der Waals surface area contributed by atoms with Gasteiger partial charge in [-0.1, -0.05) is 339 Å². The second kappa shape index (κ2) is 62.3. The molecule has 0 aromatic carbocycles. The van der Waals surface area contributed by atoms with Gasteiger partial charge in [0.1, 0.15) is 13.2 Å². The van der Waals surface area contributed by atoms with Gasteiger partial charge in [-0.05, 0) is 51.4 Å². The normalized spacial score (nSPS) is 13.8. The molecule has 1 amide bonds. The van der Waals surface area contributed by atoms with Gasteiger partial charge in [-0.2, -0.15) is 0 Å². The number of hydrogen-bond donors (Lipinski definition) is 2. The average Bonchev–Trinajstić information content (AvgIpc) is 3.42. The van der Waals surface area contributed by atoms with Crippen LogP contribution in [0, 0.1) is 0 Å². The van der Waals surface area contributed by atoms with Crippen molar-refractivity contribution in [2.24, 2.45) is 0 Å². The number of aliphatic hydroxyl groups is 1. The van der Waals surface area contributed by atoms with Crippen molar-refractivity contribution in [2.75, 3.05) is 40.9 Å². The molecular weight excluding hydrogens is 1010 g/mol. The van der Waals surface area contributed by atoms with Crippen LogP contribution in [0.4, 0.5) is 0 Å². The van der Waals surface area contributed by atoms with Crippen LogP contribution in [0.5, 0.6) is 0 Å². The lowest BCUT2D eigenvalue weighted by atomic mass is 10.0. The second-order valence-corrected chi connectivity index (χ2v) is 27.0. The summed E-state index contributed by atoms with van der Waals surface area (Å²) in [6.07, 6.45) is 82.2. The minimum absolute atomic E-state index is 0.0133. The highest BCUT2D eigenvalue weighted by atomic mass is 31.2. The molecule has 0 saturated heterocycles. The molecular formula is C71H139N2O6P. The summed E-state index contributed by atoms with van der Waals surface area (Å²) >= 11 is 0. The van der Waals surface area contributed by atoms with Crippen molar-refractivity contribution in [3.8, 4) is 0 Å². The first-order valence-corrected chi connectivity index (χ1v) is 36.8. The lowest BCUT2D eigenvalue weighted by Crippen LogP contribution is -2.46. The second-order valence-electron chi connectivity index (χ2n) is 25.6. The van der Waals surface area contributed by atoms with Crippen molar-refractivity contribution in [3.05, 3.63) is 36.5 Å². The van der Waals surface area contributed by atoms with E-state index in [2.05, 4.69) is 55.6 Å². The molecule has 0 aromatic rings. The molecule has 0 aliphatic heterocycles. The van der Waals surface area contributed by atoms with Gasteiger partial charge in [-0.15, -0.1) is 0 Å². The maximum Gasteiger partial charge on any atom is 0.268 e. The minimum Gasteiger partial charge on any atom is -0.756 e. The van der Waals surface area contributed by atoms with E-state index in [1.54, 1.807) is 0 Å². The molecule has 0 saturated carbocycles. The van der Waals surface area contributed by atoms with E-state index in [1.165, 1.54) is 283 Å². The number of likely N-dealkylation sites (N-methyl/N-ethyl adjacent to an activating group) is 1. The van der Waals surface area contributed by atoms with Gasteiger partial charge in [-0.3, -0.25) is 9.36 Å².